The first-order valence-corrected chi connectivity index (χ1v) is 6.28. The summed E-state index contributed by atoms with van der Waals surface area (Å²) in [5.74, 6) is -0.123. The van der Waals surface area contributed by atoms with Crippen LogP contribution in [0, 0.1) is 12.8 Å². The molecule has 0 bridgehead atoms. The summed E-state index contributed by atoms with van der Waals surface area (Å²) < 4.78 is 0. The monoisotopic (exact) mass is 249 g/mol. The molecule has 4 heteroatoms. The Bertz CT molecular complexity index is 412. The van der Waals surface area contributed by atoms with Gasteiger partial charge in [-0.3, -0.25) is 4.79 Å². The van der Waals surface area contributed by atoms with Crippen LogP contribution in [-0.2, 0) is 4.79 Å². The van der Waals surface area contributed by atoms with E-state index in [1.807, 2.05) is 44.1 Å². The summed E-state index contributed by atoms with van der Waals surface area (Å²) in [5, 5.41) is 2.92. The van der Waals surface area contributed by atoms with Crippen LogP contribution in [-0.4, -0.2) is 26.5 Å². The second-order valence-electron chi connectivity index (χ2n) is 4.73. The molecule has 0 aliphatic rings. The van der Waals surface area contributed by atoms with Crippen molar-refractivity contribution in [2.75, 3.05) is 30.9 Å². The van der Waals surface area contributed by atoms with Crippen LogP contribution in [0.2, 0.25) is 0 Å². The number of carbonyl (C=O) groups is 1. The fraction of sp³-hybridized carbons (Fsp3) is 0.500. The van der Waals surface area contributed by atoms with E-state index in [9.17, 15) is 4.79 Å². The Kier molecular flexibility index (Phi) is 5.16. The lowest BCUT2D eigenvalue weighted by molar-refractivity contribution is -0.119. The average molecular weight is 249 g/mol. The van der Waals surface area contributed by atoms with Crippen molar-refractivity contribution in [1.82, 2.24) is 0 Å². The number of nitrogens with one attached hydrogen (secondary N) is 1. The third kappa shape index (κ3) is 3.47. The number of hydrogen-bond acceptors (Lipinski definition) is 3. The van der Waals surface area contributed by atoms with E-state index >= 15 is 0 Å². The Morgan fingerprint density at radius 3 is 2.61 bits per heavy atom. The number of nitrogens with zero attached hydrogens (tertiary/aromatic N) is 1. The van der Waals surface area contributed by atoms with Gasteiger partial charge in [-0.2, -0.15) is 0 Å². The van der Waals surface area contributed by atoms with Crippen molar-refractivity contribution in [3.05, 3.63) is 23.8 Å². The van der Waals surface area contributed by atoms with Crippen LogP contribution < -0.4 is 16.0 Å². The van der Waals surface area contributed by atoms with Gasteiger partial charge in [0.15, 0.2) is 0 Å². The van der Waals surface area contributed by atoms with Crippen LogP contribution >= 0.6 is 0 Å². The van der Waals surface area contributed by atoms with Gasteiger partial charge in [0.2, 0.25) is 5.91 Å². The normalized spacial score (nSPS) is 12.1. The molecule has 1 aromatic carbocycles. The SMILES string of the molecule is CCC(CN)C(=O)Nc1ccc(C)c(N(C)C)c1. The summed E-state index contributed by atoms with van der Waals surface area (Å²) in [6.45, 7) is 4.40. The number of rotatable bonds is 5. The number of benzene rings is 1. The van der Waals surface area contributed by atoms with Crippen LogP contribution in [0.4, 0.5) is 11.4 Å². The second kappa shape index (κ2) is 6.40. The lowest BCUT2D eigenvalue weighted by Gasteiger charge is -2.18. The minimum absolute atomic E-state index is 0.00596. The van der Waals surface area contributed by atoms with Crippen LogP contribution in [0.5, 0.6) is 0 Å². The zero-order valence-electron chi connectivity index (χ0n) is 11.7. The Morgan fingerprint density at radius 2 is 2.11 bits per heavy atom. The van der Waals surface area contributed by atoms with E-state index in [0.717, 1.165) is 17.8 Å². The first-order valence-electron chi connectivity index (χ1n) is 6.28. The van der Waals surface area contributed by atoms with Gasteiger partial charge in [-0.25, -0.2) is 0 Å². The van der Waals surface area contributed by atoms with Gasteiger partial charge in [-0.15, -0.1) is 0 Å². The highest BCUT2D eigenvalue weighted by molar-refractivity contribution is 5.93. The maximum absolute atomic E-state index is 11.9. The molecule has 1 rings (SSSR count). The molecule has 0 fully saturated rings. The van der Waals surface area contributed by atoms with Crippen LogP contribution in [0.1, 0.15) is 18.9 Å². The third-order valence-electron chi connectivity index (χ3n) is 3.11. The number of amides is 1. The topological polar surface area (TPSA) is 58.4 Å². The summed E-state index contributed by atoms with van der Waals surface area (Å²) >= 11 is 0. The van der Waals surface area contributed by atoms with Gasteiger partial charge >= 0.3 is 0 Å². The summed E-state index contributed by atoms with van der Waals surface area (Å²) in [6, 6.07) is 5.91. The highest BCUT2D eigenvalue weighted by Crippen LogP contribution is 2.22. The van der Waals surface area contributed by atoms with Crippen LogP contribution in [0.3, 0.4) is 0 Å². The van der Waals surface area contributed by atoms with Gasteiger partial charge in [0.1, 0.15) is 0 Å². The molecule has 1 atom stereocenters. The minimum atomic E-state index is -0.117. The van der Waals surface area contributed by atoms with Crippen molar-refractivity contribution in [3.8, 4) is 0 Å². The minimum Gasteiger partial charge on any atom is -0.377 e. The molecule has 1 aromatic rings. The van der Waals surface area contributed by atoms with Crippen molar-refractivity contribution >= 4 is 17.3 Å². The second-order valence-corrected chi connectivity index (χ2v) is 4.73. The van der Waals surface area contributed by atoms with Gasteiger partial charge in [-0.05, 0) is 31.0 Å². The van der Waals surface area contributed by atoms with Crippen LogP contribution in [0.25, 0.3) is 0 Å². The maximum Gasteiger partial charge on any atom is 0.228 e. The number of hydrogen-bond donors (Lipinski definition) is 2. The van der Waals surface area contributed by atoms with Crippen molar-refractivity contribution in [1.29, 1.82) is 0 Å². The molecule has 0 heterocycles. The Hall–Kier alpha value is -1.55. The molecule has 3 N–H and O–H groups in total. The van der Waals surface area contributed by atoms with E-state index < -0.39 is 0 Å². The molecule has 0 saturated heterocycles. The molecule has 18 heavy (non-hydrogen) atoms. The largest absolute Gasteiger partial charge is 0.377 e. The Morgan fingerprint density at radius 1 is 1.44 bits per heavy atom. The van der Waals surface area contributed by atoms with Gasteiger partial charge in [0.25, 0.3) is 0 Å². The third-order valence-corrected chi connectivity index (χ3v) is 3.11. The molecular formula is C14H23N3O. The first-order chi connectivity index (χ1) is 8.49. The molecule has 1 unspecified atom stereocenters. The van der Waals surface area contributed by atoms with E-state index in [2.05, 4.69) is 12.2 Å². The predicted octanol–water partition coefficient (Wildman–Crippen LogP) is 1.98. The summed E-state index contributed by atoms with van der Waals surface area (Å²) in [7, 11) is 3.98. The fourth-order valence-corrected chi connectivity index (χ4v) is 1.87. The Labute approximate surface area is 109 Å². The number of aryl methyl sites for hydroxylation is 1. The maximum atomic E-state index is 11.9. The highest BCUT2D eigenvalue weighted by atomic mass is 16.1. The molecule has 4 nitrogen and oxygen atoms in total. The van der Waals surface area contributed by atoms with Crippen molar-refractivity contribution in [2.24, 2.45) is 11.7 Å². The molecule has 0 radical (unpaired) electrons. The zero-order valence-corrected chi connectivity index (χ0v) is 11.7. The standard InChI is InChI=1S/C14H23N3O/c1-5-11(9-15)14(18)16-12-7-6-10(2)13(8-12)17(3)4/h6-8,11H,5,9,15H2,1-4H3,(H,16,18). The van der Waals surface area contributed by atoms with Gasteiger partial charge < -0.3 is 16.0 Å². The number of nitrogens with two attached hydrogens (primary N) is 1. The van der Waals surface area contributed by atoms with E-state index in [1.165, 1.54) is 5.56 Å². The average Bonchev–Trinajstić information content (AvgIpc) is 2.32. The fourth-order valence-electron chi connectivity index (χ4n) is 1.87. The van der Waals surface area contributed by atoms with Crippen molar-refractivity contribution < 1.29 is 4.79 Å². The predicted molar refractivity (Wildman–Crippen MR) is 77.0 cm³/mol. The highest BCUT2D eigenvalue weighted by Gasteiger charge is 2.14. The summed E-state index contributed by atoms with van der Waals surface area (Å²) in [5.41, 5.74) is 8.68. The van der Waals surface area contributed by atoms with Crippen molar-refractivity contribution in [2.45, 2.75) is 20.3 Å². The molecule has 0 aromatic heterocycles. The van der Waals surface area contributed by atoms with E-state index in [4.69, 9.17) is 5.73 Å². The lowest BCUT2D eigenvalue weighted by atomic mass is 10.1. The van der Waals surface area contributed by atoms with Gasteiger partial charge in [0.05, 0.1) is 5.92 Å². The van der Waals surface area contributed by atoms with Crippen molar-refractivity contribution in [3.63, 3.8) is 0 Å². The molecular weight excluding hydrogens is 226 g/mol. The summed E-state index contributed by atoms with van der Waals surface area (Å²) in [4.78, 5) is 14.0. The van der Waals surface area contributed by atoms with E-state index in [0.29, 0.717) is 6.54 Å². The van der Waals surface area contributed by atoms with Crippen LogP contribution in [0.15, 0.2) is 18.2 Å². The molecule has 1 amide bonds. The molecule has 0 saturated carbocycles. The zero-order chi connectivity index (χ0) is 13.7. The summed E-state index contributed by atoms with van der Waals surface area (Å²) in [6.07, 6.45) is 0.759. The Balaban J connectivity index is 2.85. The quantitative estimate of drug-likeness (QED) is 0.839. The molecule has 0 spiro atoms. The van der Waals surface area contributed by atoms with Gasteiger partial charge in [-0.1, -0.05) is 13.0 Å². The first kappa shape index (κ1) is 14.5. The number of carbonyl (C=O) groups excluding carboxylic acids is 1. The van der Waals surface area contributed by atoms with E-state index in [-0.39, 0.29) is 11.8 Å². The van der Waals surface area contributed by atoms with E-state index in [1.54, 1.807) is 0 Å². The number of anilines is 2. The van der Waals surface area contributed by atoms with Gasteiger partial charge in [0, 0.05) is 32.0 Å². The molecule has 100 valence electrons. The molecule has 0 aliphatic heterocycles. The lowest BCUT2D eigenvalue weighted by Crippen LogP contribution is -2.28. The smallest absolute Gasteiger partial charge is 0.228 e. The molecule has 0 aliphatic carbocycles.